The van der Waals surface area contributed by atoms with Gasteiger partial charge in [-0.25, -0.2) is 9.48 Å². The van der Waals surface area contributed by atoms with E-state index in [1.807, 2.05) is 0 Å². The number of carbonyl (C=O) groups excluding carboxylic acids is 2. The molecule has 10 nitrogen and oxygen atoms in total. The van der Waals surface area contributed by atoms with Crippen molar-refractivity contribution in [3.63, 3.8) is 0 Å². The van der Waals surface area contributed by atoms with Crippen LogP contribution in [-0.4, -0.2) is 51.3 Å². The Hall–Kier alpha value is -2.78. The Balaban J connectivity index is 2.33. The van der Waals surface area contributed by atoms with Gasteiger partial charge in [0.15, 0.2) is 11.5 Å². The second kappa shape index (κ2) is 6.11. The summed E-state index contributed by atoms with van der Waals surface area (Å²) >= 11 is 0. The Morgan fingerprint density at radius 2 is 2.05 bits per heavy atom. The van der Waals surface area contributed by atoms with Gasteiger partial charge in [0.05, 0.1) is 26.3 Å². The highest BCUT2D eigenvalue weighted by atomic mass is 16.5. The molecule has 0 spiro atoms. The van der Waals surface area contributed by atoms with Crippen LogP contribution in [0.2, 0.25) is 0 Å². The molecule has 0 aliphatic carbocycles. The first-order valence-electron chi connectivity index (χ1n) is 5.91. The zero-order valence-corrected chi connectivity index (χ0v) is 11.7. The summed E-state index contributed by atoms with van der Waals surface area (Å²) in [4.78, 5) is 27.1. The maximum atomic E-state index is 11.6. The van der Waals surface area contributed by atoms with Crippen LogP contribution in [0.1, 0.15) is 27.9 Å². The maximum Gasteiger partial charge on any atom is 0.360 e. The molecular weight excluding hydrogens is 282 g/mol. The summed E-state index contributed by atoms with van der Waals surface area (Å²) in [6, 6.07) is 0. The standard InChI is InChI=1S/C11H13N5O5/c1-6-12-8(21-14-6)5-16-7(4-9(17)19-2)10(13-15-16)11(18)20-3/h4-5H2,1-3H3. The first kappa shape index (κ1) is 14.6. The zero-order valence-electron chi connectivity index (χ0n) is 11.7. The van der Waals surface area contributed by atoms with E-state index in [1.54, 1.807) is 6.92 Å². The second-order valence-corrected chi connectivity index (χ2v) is 4.02. The lowest BCUT2D eigenvalue weighted by atomic mass is 10.2. The molecule has 112 valence electrons. The zero-order chi connectivity index (χ0) is 15.4. The van der Waals surface area contributed by atoms with E-state index in [1.165, 1.54) is 18.9 Å². The van der Waals surface area contributed by atoms with Crippen LogP contribution in [-0.2, 0) is 27.2 Å². The summed E-state index contributed by atoms with van der Waals surface area (Å²) in [6.45, 7) is 1.75. The van der Waals surface area contributed by atoms with Gasteiger partial charge < -0.3 is 14.0 Å². The van der Waals surface area contributed by atoms with Crippen molar-refractivity contribution >= 4 is 11.9 Å². The summed E-state index contributed by atoms with van der Waals surface area (Å²) in [6.07, 6.45) is -0.180. The van der Waals surface area contributed by atoms with E-state index in [9.17, 15) is 9.59 Å². The van der Waals surface area contributed by atoms with Crippen molar-refractivity contribution in [2.75, 3.05) is 14.2 Å². The molecule has 0 aromatic carbocycles. The number of esters is 2. The van der Waals surface area contributed by atoms with Gasteiger partial charge in [-0.05, 0) is 6.92 Å². The highest BCUT2D eigenvalue weighted by Crippen LogP contribution is 2.11. The lowest BCUT2D eigenvalue weighted by Gasteiger charge is -2.04. The van der Waals surface area contributed by atoms with Crippen LogP contribution < -0.4 is 0 Å². The third kappa shape index (κ3) is 3.22. The minimum atomic E-state index is -0.693. The number of methoxy groups -OCH3 is 2. The smallest absolute Gasteiger partial charge is 0.360 e. The normalized spacial score (nSPS) is 10.4. The van der Waals surface area contributed by atoms with Gasteiger partial charge in [0.1, 0.15) is 6.54 Å². The molecule has 0 radical (unpaired) electrons. The van der Waals surface area contributed by atoms with Gasteiger partial charge >= 0.3 is 11.9 Å². The van der Waals surface area contributed by atoms with Crippen LogP contribution in [0.5, 0.6) is 0 Å². The van der Waals surface area contributed by atoms with Crippen LogP contribution in [0, 0.1) is 6.92 Å². The van der Waals surface area contributed by atoms with Crippen LogP contribution in [0.4, 0.5) is 0 Å². The molecule has 2 aromatic heterocycles. The molecule has 0 N–H and O–H groups in total. The van der Waals surface area contributed by atoms with Crippen molar-refractivity contribution in [3.05, 3.63) is 23.1 Å². The van der Waals surface area contributed by atoms with Crippen molar-refractivity contribution in [3.8, 4) is 0 Å². The molecule has 10 heteroatoms. The molecule has 2 rings (SSSR count). The van der Waals surface area contributed by atoms with Crippen molar-refractivity contribution in [1.82, 2.24) is 25.1 Å². The largest absolute Gasteiger partial charge is 0.469 e. The number of hydrogen-bond acceptors (Lipinski definition) is 9. The molecule has 0 fully saturated rings. The van der Waals surface area contributed by atoms with Gasteiger partial charge in [0.2, 0.25) is 5.89 Å². The van der Waals surface area contributed by atoms with E-state index in [2.05, 4.69) is 29.9 Å². The molecule has 0 saturated carbocycles. The summed E-state index contributed by atoms with van der Waals surface area (Å²) < 4.78 is 15.5. The van der Waals surface area contributed by atoms with Crippen LogP contribution in [0.15, 0.2) is 4.52 Å². The summed E-state index contributed by atoms with van der Waals surface area (Å²) in [5, 5.41) is 11.2. The number of ether oxygens (including phenoxy) is 2. The highest BCUT2D eigenvalue weighted by molar-refractivity contribution is 5.89. The Morgan fingerprint density at radius 3 is 2.62 bits per heavy atom. The van der Waals surface area contributed by atoms with Crippen LogP contribution in [0.3, 0.4) is 0 Å². The number of rotatable bonds is 5. The number of aromatic nitrogens is 5. The van der Waals surface area contributed by atoms with Crippen molar-refractivity contribution in [2.45, 2.75) is 19.9 Å². The summed E-state index contributed by atoms with van der Waals surface area (Å²) in [5.41, 5.74) is 0.198. The molecule has 0 atom stereocenters. The lowest BCUT2D eigenvalue weighted by molar-refractivity contribution is -0.139. The minimum absolute atomic E-state index is 0.0564. The van der Waals surface area contributed by atoms with Crippen molar-refractivity contribution in [1.29, 1.82) is 0 Å². The average Bonchev–Trinajstić information content (AvgIpc) is 3.05. The number of aryl methyl sites for hydroxylation is 1. The minimum Gasteiger partial charge on any atom is -0.469 e. The third-order valence-electron chi connectivity index (χ3n) is 2.61. The fourth-order valence-corrected chi connectivity index (χ4v) is 1.63. The van der Waals surface area contributed by atoms with Gasteiger partial charge in [0, 0.05) is 0 Å². The molecule has 0 unspecified atom stereocenters. The molecular formula is C11H13N5O5. The predicted octanol–water partition coefficient (Wildman–Crippen LogP) is -0.480. The first-order chi connectivity index (χ1) is 10.0. The van der Waals surface area contributed by atoms with Crippen LogP contribution >= 0.6 is 0 Å². The van der Waals surface area contributed by atoms with E-state index in [0.29, 0.717) is 5.82 Å². The molecule has 0 bridgehead atoms. The Labute approximate surface area is 119 Å². The van der Waals surface area contributed by atoms with Gasteiger partial charge in [-0.2, -0.15) is 4.98 Å². The number of hydrogen-bond donors (Lipinski definition) is 0. The van der Waals surface area contributed by atoms with Gasteiger partial charge in [-0.1, -0.05) is 10.4 Å². The SMILES string of the molecule is COC(=O)Cc1c(C(=O)OC)nnn1Cc1nc(C)no1. The lowest BCUT2D eigenvalue weighted by Crippen LogP contribution is -2.15. The molecule has 2 heterocycles. The number of carbonyl (C=O) groups is 2. The molecule has 2 aromatic rings. The summed E-state index contributed by atoms with van der Waals surface area (Å²) in [7, 11) is 2.46. The van der Waals surface area contributed by atoms with E-state index in [0.717, 1.165) is 0 Å². The topological polar surface area (TPSA) is 122 Å². The van der Waals surface area contributed by atoms with Gasteiger partial charge in [-0.3, -0.25) is 4.79 Å². The third-order valence-corrected chi connectivity index (χ3v) is 2.61. The molecule has 0 saturated heterocycles. The molecule has 21 heavy (non-hydrogen) atoms. The quantitative estimate of drug-likeness (QED) is 0.673. The van der Waals surface area contributed by atoms with Gasteiger partial charge in [0.25, 0.3) is 0 Å². The summed E-state index contributed by atoms with van der Waals surface area (Å²) in [5.74, 6) is -0.486. The van der Waals surface area contributed by atoms with Crippen molar-refractivity contribution in [2.24, 2.45) is 0 Å². The molecule has 0 amide bonds. The van der Waals surface area contributed by atoms with E-state index in [4.69, 9.17) is 4.52 Å². The van der Waals surface area contributed by atoms with E-state index < -0.39 is 11.9 Å². The molecule has 0 aliphatic rings. The van der Waals surface area contributed by atoms with E-state index in [-0.39, 0.29) is 30.2 Å². The fourth-order valence-electron chi connectivity index (χ4n) is 1.63. The van der Waals surface area contributed by atoms with Gasteiger partial charge in [-0.15, -0.1) is 5.10 Å². The monoisotopic (exact) mass is 295 g/mol. The number of nitrogens with zero attached hydrogens (tertiary/aromatic N) is 5. The Kier molecular flexibility index (Phi) is 4.26. The highest BCUT2D eigenvalue weighted by Gasteiger charge is 2.23. The fraction of sp³-hybridized carbons (Fsp3) is 0.455. The van der Waals surface area contributed by atoms with Crippen molar-refractivity contribution < 1.29 is 23.6 Å². The average molecular weight is 295 g/mol. The Bertz CT molecular complexity index is 662. The Morgan fingerprint density at radius 1 is 1.29 bits per heavy atom. The molecule has 0 aliphatic heterocycles. The maximum absolute atomic E-state index is 11.6. The second-order valence-electron chi connectivity index (χ2n) is 4.02. The van der Waals surface area contributed by atoms with Crippen LogP contribution in [0.25, 0.3) is 0 Å². The predicted molar refractivity (Wildman–Crippen MR) is 65.2 cm³/mol. The first-order valence-corrected chi connectivity index (χ1v) is 5.91. The van der Waals surface area contributed by atoms with E-state index >= 15 is 0 Å².